The lowest BCUT2D eigenvalue weighted by molar-refractivity contribution is -0.140. The third-order valence-corrected chi connectivity index (χ3v) is 6.21. The van der Waals surface area contributed by atoms with Crippen molar-refractivity contribution in [3.63, 3.8) is 0 Å². The minimum Gasteiger partial charge on any atom is -0.324 e. The van der Waals surface area contributed by atoms with Crippen LogP contribution in [-0.2, 0) is 9.59 Å². The Morgan fingerprint density at radius 3 is 2.58 bits per heavy atom. The Hall–Kier alpha value is -1.49. The summed E-state index contributed by atoms with van der Waals surface area (Å²) in [5.74, 6) is 1.57. The minimum atomic E-state index is -0.342. The number of anilines is 1. The maximum absolute atomic E-state index is 12.8. The van der Waals surface area contributed by atoms with E-state index in [0.717, 1.165) is 36.9 Å². The van der Waals surface area contributed by atoms with Crippen LogP contribution in [0.3, 0.4) is 0 Å². The van der Waals surface area contributed by atoms with Gasteiger partial charge in [-0.2, -0.15) is 0 Å². The van der Waals surface area contributed by atoms with Crippen molar-refractivity contribution in [3.05, 3.63) is 29.3 Å². The van der Waals surface area contributed by atoms with Gasteiger partial charge in [-0.25, -0.2) is 0 Å². The molecule has 0 radical (unpaired) electrons. The molecular formula is C19H26N2O2S. The number of nitrogens with one attached hydrogen (secondary N) is 1. The average molecular weight is 346 g/mol. The topological polar surface area (TPSA) is 49.4 Å². The molecule has 1 saturated heterocycles. The largest absolute Gasteiger partial charge is 0.324 e. The molecule has 1 aromatic carbocycles. The molecule has 0 aromatic heterocycles. The highest BCUT2D eigenvalue weighted by molar-refractivity contribution is 7.99. The van der Waals surface area contributed by atoms with Crippen LogP contribution in [0.1, 0.15) is 43.2 Å². The molecule has 130 valence electrons. The number of carbonyl (C=O) groups is 2. The molecule has 1 saturated carbocycles. The van der Waals surface area contributed by atoms with E-state index >= 15 is 0 Å². The van der Waals surface area contributed by atoms with Gasteiger partial charge >= 0.3 is 0 Å². The van der Waals surface area contributed by atoms with Crippen molar-refractivity contribution in [3.8, 4) is 0 Å². The van der Waals surface area contributed by atoms with Gasteiger partial charge < -0.3 is 10.2 Å². The predicted molar refractivity (Wildman–Crippen MR) is 99.1 cm³/mol. The third kappa shape index (κ3) is 3.77. The van der Waals surface area contributed by atoms with Crippen LogP contribution in [-0.4, -0.2) is 34.4 Å². The lowest BCUT2D eigenvalue weighted by Crippen LogP contribution is -2.47. The number of aryl methyl sites for hydroxylation is 2. The summed E-state index contributed by atoms with van der Waals surface area (Å²) in [7, 11) is 0. The summed E-state index contributed by atoms with van der Waals surface area (Å²) in [6, 6.07) is 5.59. The van der Waals surface area contributed by atoms with E-state index in [1.54, 1.807) is 16.7 Å². The van der Waals surface area contributed by atoms with Gasteiger partial charge in [-0.05, 0) is 49.9 Å². The minimum absolute atomic E-state index is 0.0626. The Kier molecular flexibility index (Phi) is 5.49. The summed E-state index contributed by atoms with van der Waals surface area (Å²) in [5.41, 5.74) is 3.17. The highest BCUT2D eigenvalue weighted by atomic mass is 32.2. The molecule has 24 heavy (non-hydrogen) atoms. The van der Waals surface area contributed by atoms with Gasteiger partial charge in [-0.3, -0.25) is 9.59 Å². The Labute approximate surface area is 148 Å². The molecule has 1 atom stereocenters. The van der Waals surface area contributed by atoms with Crippen LogP contribution in [0.2, 0.25) is 0 Å². The monoisotopic (exact) mass is 346 g/mol. The highest BCUT2D eigenvalue weighted by Gasteiger charge is 2.37. The van der Waals surface area contributed by atoms with Crippen molar-refractivity contribution in [1.29, 1.82) is 0 Å². The van der Waals surface area contributed by atoms with E-state index < -0.39 is 0 Å². The van der Waals surface area contributed by atoms with Crippen molar-refractivity contribution in [1.82, 2.24) is 4.90 Å². The number of carbonyl (C=O) groups excluding carboxylic acids is 2. The second kappa shape index (κ2) is 7.60. The van der Waals surface area contributed by atoms with E-state index in [4.69, 9.17) is 0 Å². The van der Waals surface area contributed by atoms with Crippen LogP contribution >= 0.6 is 11.8 Å². The number of nitrogens with zero attached hydrogens (tertiary/aromatic N) is 1. The fourth-order valence-corrected chi connectivity index (χ4v) is 4.67. The second-order valence-electron chi connectivity index (χ2n) is 6.95. The maximum Gasteiger partial charge on any atom is 0.248 e. The number of hydrogen-bond acceptors (Lipinski definition) is 3. The molecule has 5 heteroatoms. The Balaban J connectivity index is 1.66. The van der Waals surface area contributed by atoms with Crippen molar-refractivity contribution in [2.45, 2.75) is 52.0 Å². The molecule has 2 amide bonds. The van der Waals surface area contributed by atoms with E-state index in [-0.39, 0.29) is 23.8 Å². The Morgan fingerprint density at radius 1 is 1.12 bits per heavy atom. The van der Waals surface area contributed by atoms with E-state index in [9.17, 15) is 9.59 Å². The molecule has 1 heterocycles. The summed E-state index contributed by atoms with van der Waals surface area (Å²) in [6.45, 7) is 4.09. The average Bonchev–Trinajstić information content (AvgIpc) is 3.08. The first-order chi connectivity index (χ1) is 11.6. The summed E-state index contributed by atoms with van der Waals surface area (Å²) in [6.07, 6.45) is 5.46. The molecule has 2 fully saturated rings. The predicted octanol–water partition coefficient (Wildman–Crippen LogP) is 3.72. The third-order valence-electron chi connectivity index (χ3n) is 5.20. The lowest BCUT2D eigenvalue weighted by Gasteiger charge is -2.29. The van der Waals surface area contributed by atoms with Gasteiger partial charge in [0.25, 0.3) is 0 Å². The van der Waals surface area contributed by atoms with Gasteiger partial charge in [0.1, 0.15) is 6.04 Å². The van der Waals surface area contributed by atoms with E-state index in [1.807, 2.05) is 25.1 Å². The van der Waals surface area contributed by atoms with Crippen molar-refractivity contribution in [2.24, 2.45) is 5.92 Å². The molecular weight excluding hydrogens is 320 g/mol. The van der Waals surface area contributed by atoms with Gasteiger partial charge in [-0.1, -0.05) is 25.3 Å². The number of thioether (sulfide) groups is 1. The quantitative estimate of drug-likeness (QED) is 0.907. The zero-order valence-corrected chi connectivity index (χ0v) is 15.3. The highest BCUT2D eigenvalue weighted by Crippen LogP contribution is 2.30. The van der Waals surface area contributed by atoms with E-state index in [2.05, 4.69) is 12.2 Å². The first-order valence-electron chi connectivity index (χ1n) is 8.82. The first kappa shape index (κ1) is 17.3. The smallest absolute Gasteiger partial charge is 0.248 e. The molecule has 0 bridgehead atoms. The lowest BCUT2D eigenvalue weighted by atomic mass is 9.88. The van der Waals surface area contributed by atoms with Crippen molar-refractivity contribution >= 4 is 29.3 Å². The van der Waals surface area contributed by atoms with Gasteiger partial charge in [0, 0.05) is 17.4 Å². The molecule has 1 aromatic rings. The summed E-state index contributed by atoms with van der Waals surface area (Å²) >= 11 is 1.67. The SMILES string of the molecule is Cc1ccc(NC(=O)C2CSCN2C(=O)C2CCCCC2)cc1C. The number of hydrogen-bond donors (Lipinski definition) is 1. The van der Waals surface area contributed by atoms with Crippen LogP contribution in [0.5, 0.6) is 0 Å². The second-order valence-corrected chi connectivity index (χ2v) is 7.95. The van der Waals surface area contributed by atoms with Gasteiger partial charge in [0.2, 0.25) is 11.8 Å². The van der Waals surface area contributed by atoms with Gasteiger partial charge in [0.15, 0.2) is 0 Å². The molecule has 1 aliphatic carbocycles. The van der Waals surface area contributed by atoms with Crippen LogP contribution in [0.4, 0.5) is 5.69 Å². The standard InChI is InChI=1S/C19H26N2O2S/c1-13-8-9-16(10-14(13)2)20-18(22)17-11-24-12-21(17)19(23)15-6-4-3-5-7-15/h8-10,15,17H,3-7,11-12H2,1-2H3,(H,20,22). The summed E-state index contributed by atoms with van der Waals surface area (Å²) < 4.78 is 0. The number of benzene rings is 1. The molecule has 3 rings (SSSR count). The number of amides is 2. The summed E-state index contributed by atoms with van der Waals surface area (Å²) in [4.78, 5) is 27.3. The van der Waals surface area contributed by atoms with Gasteiger partial charge in [-0.15, -0.1) is 11.8 Å². The summed E-state index contributed by atoms with van der Waals surface area (Å²) in [5, 5.41) is 2.99. The van der Waals surface area contributed by atoms with E-state index in [1.165, 1.54) is 12.0 Å². The Bertz CT molecular complexity index is 626. The van der Waals surface area contributed by atoms with Crippen LogP contribution in [0.25, 0.3) is 0 Å². The molecule has 2 aliphatic rings. The molecule has 1 aliphatic heterocycles. The fourth-order valence-electron chi connectivity index (χ4n) is 3.51. The van der Waals surface area contributed by atoms with Crippen LogP contribution in [0.15, 0.2) is 18.2 Å². The maximum atomic E-state index is 12.8. The van der Waals surface area contributed by atoms with Crippen molar-refractivity contribution < 1.29 is 9.59 Å². The normalized spacial score (nSPS) is 21.8. The zero-order valence-electron chi connectivity index (χ0n) is 14.5. The first-order valence-corrected chi connectivity index (χ1v) is 9.98. The number of rotatable bonds is 3. The zero-order chi connectivity index (χ0) is 17.1. The molecule has 1 N–H and O–H groups in total. The Morgan fingerprint density at radius 2 is 1.88 bits per heavy atom. The van der Waals surface area contributed by atoms with Crippen LogP contribution in [0, 0.1) is 19.8 Å². The van der Waals surface area contributed by atoms with E-state index in [0.29, 0.717) is 11.6 Å². The molecule has 1 unspecified atom stereocenters. The molecule has 4 nitrogen and oxygen atoms in total. The van der Waals surface area contributed by atoms with Gasteiger partial charge in [0.05, 0.1) is 5.88 Å². The fraction of sp³-hybridized carbons (Fsp3) is 0.579. The molecule has 0 spiro atoms. The van der Waals surface area contributed by atoms with Crippen molar-refractivity contribution in [2.75, 3.05) is 16.9 Å². The van der Waals surface area contributed by atoms with Crippen LogP contribution < -0.4 is 5.32 Å².